The maximum absolute atomic E-state index is 11.5. The van der Waals surface area contributed by atoms with Gasteiger partial charge in [-0.25, -0.2) is 0 Å². The first-order valence-electron chi connectivity index (χ1n) is 5.84. The molecule has 0 fully saturated rings. The van der Waals surface area contributed by atoms with Gasteiger partial charge in [-0.15, -0.1) is 0 Å². The van der Waals surface area contributed by atoms with Gasteiger partial charge in [0.2, 0.25) is 5.75 Å². The smallest absolute Gasteiger partial charge is 0.315 e. The largest absolute Gasteiger partial charge is 0.500 e. The normalized spacial score (nSPS) is 16.1. The molecule has 0 aromatic heterocycles. The third kappa shape index (κ3) is 3.14. The number of ether oxygens (including phenoxy) is 1. The second-order valence-corrected chi connectivity index (χ2v) is 5.00. The fraction of sp³-hybridized carbons (Fsp3) is 0.167. The van der Waals surface area contributed by atoms with Crippen LogP contribution in [0, 0.1) is 10.1 Å². The van der Waals surface area contributed by atoms with Crippen LogP contribution in [0.1, 0.15) is 12.5 Å². The molecule has 9 heteroatoms. The van der Waals surface area contributed by atoms with Gasteiger partial charge in [0.25, 0.3) is 5.91 Å². The van der Waals surface area contributed by atoms with E-state index in [1.165, 1.54) is 12.1 Å². The van der Waals surface area contributed by atoms with Crippen LogP contribution in [0.3, 0.4) is 0 Å². The summed E-state index contributed by atoms with van der Waals surface area (Å²) < 4.78 is 5.15. The van der Waals surface area contributed by atoms with E-state index in [1.54, 1.807) is 6.92 Å². The SMILES string of the molecule is CCOc1cc(/C=C2\SC(N)=NC2=O)cc([N+](=O)[O-])c1O. The molecule has 0 atom stereocenters. The van der Waals surface area contributed by atoms with Crippen molar-refractivity contribution in [1.29, 1.82) is 0 Å². The maximum Gasteiger partial charge on any atom is 0.315 e. The first-order valence-corrected chi connectivity index (χ1v) is 6.66. The van der Waals surface area contributed by atoms with Gasteiger partial charge in [0, 0.05) is 6.07 Å². The predicted molar refractivity (Wildman–Crippen MR) is 78.1 cm³/mol. The molecule has 0 bridgehead atoms. The van der Waals surface area contributed by atoms with Crippen LogP contribution in [0.15, 0.2) is 22.0 Å². The van der Waals surface area contributed by atoms with Crippen molar-refractivity contribution in [3.8, 4) is 11.5 Å². The molecule has 0 radical (unpaired) electrons. The monoisotopic (exact) mass is 309 g/mol. The highest BCUT2D eigenvalue weighted by Crippen LogP contribution is 2.38. The van der Waals surface area contributed by atoms with E-state index in [1.807, 2.05) is 0 Å². The zero-order chi connectivity index (χ0) is 15.6. The van der Waals surface area contributed by atoms with Crippen LogP contribution in [0.25, 0.3) is 6.08 Å². The highest BCUT2D eigenvalue weighted by atomic mass is 32.2. The number of hydrogen-bond acceptors (Lipinski definition) is 7. The number of phenols is 1. The molecule has 1 amide bonds. The molecule has 0 saturated heterocycles. The number of thioether (sulfide) groups is 1. The zero-order valence-electron chi connectivity index (χ0n) is 10.9. The number of aliphatic imine (C=N–C) groups is 1. The lowest BCUT2D eigenvalue weighted by Gasteiger charge is -2.07. The number of nitro groups is 1. The lowest BCUT2D eigenvalue weighted by atomic mass is 10.1. The number of rotatable bonds is 4. The van der Waals surface area contributed by atoms with E-state index in [2.05, 4.69) is 4.99 Å². The minimum absolute atomic E-state index is 0.0251. The number of amidine groups is 1. The maximum atomic E-state index is 11.5. The molecule has 1 aliphatic rings. The topological polar surface area (TPSA) is 128 Å². The second kappa shape index (κ2) is 5.83. The second-order valence-electron chi connectivity index (χ2n) is 3.94. The van der Waals surface area contributed by atoms with Crippen LogP contribution in [0.5, 0.6) is 11.5 Å². The summed E-state index contributed by atoms with van der Waals surface area (Å²) in [7, 11) is 0. The van der Waals surface area contributed by atoms with Crippen molar-refractivity contribution in [3.05, 3.63) is 32.7 Å². The van der Waals surface area contributed by atoms with E-state index < -0.39 is 22.3 Å². The van der Waals surface area contributed by atoms with Crippen LogP contribution < -0.4 is 10.5 Å². The van der Waals surface area contributed by atoms with Crippen LogP contribution in [-0.2, 0) is 4.79 Å². The Kier molecular flexibility index (Phi) is 4.13. The summed E-state index contributed by atoms with van der Waals surface area (Å²) in [5, 5.41) is 20.8. The van der Waals surface area contributed by atoms with Crippen molar-refractivity contribution in [1.82, 2.24) is 0 Å². The van der Waals surface area contributed by atoms with Gasteiger partial charge < -0.3 is 15.6 Å². The highest BCUT2D eigenvalue weighted by molar-refractivity contribution is 8.18. The van der Waals surface area contributed by atoms with Gasteiger partial charge in [0.1, 0.15) is 0 Å². The number of nitro benzene ring substituents is 1. The van der Waals surface area contributed by atoms with Gasteiger partial charge in [-0.1, -0.05) is 0 Å². The van der Waals surface area contributed by atoms with E-state index in [-0.39, 0.29) is 22.4 Å². The summed E-state index contributed by atoms with van der Waals surface area (Å²) in [6, 6.07) is 2.55. The van der Waals surface area contributed by atoms with Gasteiger partial charge >= 0.3 is 5.69 Å². The fourth-order valence-corrected chi connectivity index (χ4v) is 2.36. The van der Waals surface area contributed by atoms with Crippen molar-refractivity contribution >= 4 is 34.6 Å². The molecule has 0 unspecified atom stereocenters. The Labute approximate surface area is 123 Å². The molecule has 0 aliphatic carbocycles. The minimum atomic E-state index is -0.728. The molecule has 0 saturated carbocycles. The van der Waals surface area contributed by atoms with Crippen LogP contribution >= 0.6 is 11.8 Å². The number of aromatic hydroxyl groups is 1. The third-order valence-corrected chi connectivity index (χ3v) is 3.32. The van der Waals surface area contributed by atoms with Crippen LogP contribution in [0.4, 0.5) is 5.69 Å². The zero-order valence-corrected chi connectivity index (χ0v) is 11.7. The summed E-state index contributed by atoms with van der Waals surface area (Å²) in [5.74, 6) is -1.08. The summed E-state index contributed by atoms with van der Waals surface area (Å²) in [5.41, 5.74) is 5.26. The van der Waals surface area contributed by atoms with Gasteiger partial charge in [0.05, 0.1) is 16.4 Å². The molecule has 2 rings (SSSR count). The third-order valence-electron chi connectivity index (χ3n) is 2.51. The molecule has 110 valence electrons. The van der Waals surface area contributed by atoms with Gasteiger partial charge in [0.15, 0.2) is 10.9 Å². The molecule has 1 aromatic rings. The minimum Gasteiger partial charge on any atom is -0.500 e. The Bertz CT molecular complexity index is 684. The first-order chi connectivity index (χ1) is 9.92. The number of nitrogens with two attached hydrogens (primary N) is 1. The summed E-state index contributed by atoms with van der Waals surface area (Å²) in [6.07, 6.45) is 1.41. The number of benzene rings is 1. The Morgan fingerprint density at radius 2 is 2.29 bits per heavy atom. The van der Waals surface area contributed by atoms with Crippen molar-refractivity contribution < 1.29 is 19.6 Å². The molecular formula is C12H11N3O5S. The lowest BCUT2D eigenvalue weighted by Crippen LogP contribution is -2.01. The summed E-state index contributed by atoms with van der Waals surface area (Å²) in [6.45, 7) is 1.91. The average molecular weight is 309 g/mol. The van der Waals surface area contributed by atoms with Gasteiger partial charge in [-0.3, -0.25) is 14.9 Å². The molecule has 3 N–H and O–H groups in total. The molecule has 21 heavy (non-hydrogen) atoms. The molecule has 0 spiro atoms. The Morgan fingerprint density at radius 1 is 1.57 bits per heavy atom. The first kappa shape index (κ1) is 14.9. The van der Waals surface area contributed by atoms with Crippen molar-refractivity contribution in [2.75, 3.05) is 6.61 Å². The number of carbonyl (C=O) groups is 1. The highest BCUT2D eigenvalue weighted by Gasteiger charge is 2.23. The van der Waals surface area contributed by atoms with Crippen LogP contribution in [-0.4, -0.2) is 27.7 Å². The number of carbonyl (C=O) groups excluding carboxylic acids is 1. The Balaban J connectivity index is 2.47. The summed E-state index contributed by atoms with van der Waals surface area (Å²) in [4.78, 5) is 25.5. The van der Waals surface area contributed by atoms with Crippen molar-refractivity contribution in [3.63, 3.8) is 0 Å². The van der Waals surface area contributed by atoms with Crippen molar-refractivity contribution in [2.24, 2.45) is 10.7 Å². The summed E-state index contributed by atoms with van der Waals surface area (Å²) >= 11 is 0.972. The molecule has 8 nitrogen and oxygen atoms in total. The quantitative estimate of drug-likeness (QED) is 0.491. The van der Waals surface area contributed by atoms with Gasteiger partial charge in [-0.05, 0) is 36.4 Å². The molecule has 1 aromatic carbocycles. The molecular weight excluding hydrogens is 298 g/mol. The molecule has 1 aliphatic heterocycles. The van der Waals surface area contributed by atoms with Crippen LogP contribution in [0.2, 0.25) is 0 Å². The van der Waals surface area contributed by atoms with E-state index in [4.69, 9.17) is 10.5 Å². The van der Waals surface area contributed by atoms with E-state index in [0.717, 1.165) is 17.8 Å². The number of hydrogen-bond donors (Lipinski definition) is 2. The van der Waals surface area contributed by atoms with E-state index in [9.17, 15) is 20.0 Å². The average Bonchev–Trinajstić information content (AvgIpc) is 2.71. The molecule has 1 heterocycles. The standard InChI is InChI=1S/C12H11N3O5S/c1-2-20-8-4-6(3-7(10(8)16)15(18)19)5-9-11(17)14-12(13)21-9/h3-5,16H,2H2,1H3,(H2,13,14,17)/b9-5-. The number of amides is 1. The fourth-order valence-electron chi connectivity index (χ4n) is 1.68. The number of nitrogens with zero attached hydrogens (tertiary/aromatic N) is 2. The number of phenolic OH excluding ortho intramolecular Hbond substituents is 1. The van der Waals surface area contributed by atoms with Crippen molar-refractivity contribution in [2.45, 2.75) is 6.92 Å². The predicted octanol–water partition coefficient (Wildman–Crippen LogP) is 1.63. The lowest BCUT2D eigenvalue weighted by molar-refractivity contribution is -0.386. The Hall–Kier alpha value is -2.55. The van der Waals surface area contributed by atoms with E-state index >= 15 is 0 Å². The Morgan fingerprint density at radius 3 is 2.81 bits per heavy atom. The van der Waals surface area contributed by atoms with Gasteiger partial charge in [-0.2, -0.15) is 4.99 Å². The van der Waals surface area contributed by atoms with E-state index in [0.29, 0.717) is 5.56 Å².